The van der Waals surface area contributed by atoms with E-state index in [2.05, 4.69) is 41.0 Å². The molecule has 0 aromatic carbocycles. The molecule has 2 heterocycles. The minimum atomic E-state index is 0. The Morgan fingerprint density at radius 3 is 2.40 bits per heavy atom. The molecular formula is C15H31IN4. The van der Waals surface area contributed by atoms with Crippen molar-refractivity contribution in [2.24, 2.45) is 16.8 Å². The summed E-state index contributed by atoms with van der Waals surface area (Å²) in [6.07, 6.45) is 3.99. The zero-order valence-electron chi connectivity index (χ0n) is 13.4. The average Bonchev–Trinajstić information content (AvgIpc) is 2.75. The quantitative estimate of drug-likeness (QED) is 0.443. The largest absolute Gasteiger partial charge is 0.355 e. The third-order valence-electron chi connectivity index (χ3n) is 4.55. The Labute approximate surface area is 141 Å². The van der Waals surface area contributed by atoms with Gasteiger partial charge in [0.25, 0.3) is 0 Å². The fourth-order valence-corrected chi connectivity index (χ4v) is 3.61. The highest BCUT2D eigenvalue weighted by molar-refractivity contribution is 14.0. The van der Waals surface area contributed by atoms with Gasteiger partial charge in [-0.15, -0.1) is 24.0 Å². The Morgan fingerprint density at radius 1 is 1.25 bits per heavy atom. The predicted molar refractivity (Wildman–Crippen MR) is 96.9 cm³/mol. The standard InChI is InChI=1S/C15H30N4.HI/c1-12-8-13(2)11-19(10-12)15(16-3)17-9-14-6-5-7-18(14)4;/h12-14H,5-11H2,1-4H3,(H,16,17);1H. The molecule has 2 aliphatic rings. The molecule has 5 heteroatoms. The van der Waals surface area contributed by atoms with Crippen LogP contribution in [0, 0.1) is 11.8 Å². The van der Waals surface area contributed by atoms with Crippen molar-refractivity contribution in [3.63, 3.8) is 0 Å². The lowest BCUT2D eigenvalue weighted by Crippen LogP contribution is -2.50. The summed E-state index contributed by atoms with van der Waals surface area (Å²) in [5.41, 5.74) is 0. The summed E-state index contributed by atoms with van der Waals surface area (Å²) in [4.78, 5) is 9.38. The van der Waals surface area contributed by atoms with E-state index in [1.165, 1.54) is 25.8 Å². The first-order chi connectivity index (χ1) is 9.10. The molecular weight excluding hydrogens is 363 g/mol. The topological polar surface area (TPSA) is 30.9 Å². The molecule has 0 aromatic heterocycles. The molecule has 0 bridgehead atoms. The normalized spacial score (nSPS) is 32.1. The van der Waals surface area contributed by atoms with Gasteiger partial charge < -0.3 is 15.1 Å². The first kappa shape index (κ1) is 18.0. The Bertz CT molecular complexity index is 311. The van der Waals surface area contributed by atoms with Gasteiger partial charge in [0.05, 0.1) is 0 Å². The molecule has 2 saturated heterocycles. The van der Waals surface area contributed by atoms with E-state index in [0.717, 1.165) is 37.4 Å². The molecule has 20 heavy (non-hydrogen) atoms. The van der Waals surface area contributed by atoms with Gasteiger partial charge in [-0.3, -0.25) is 4.99 Å². The van der Waals surface area contributed by atoms with Crippen molar-refractivity contribution in [1.82, 2.24) is 15.1 Å². The van der Waals surface area contributed by atoms with Crippen LogP contribution in [0.4, 0.5) is 0 Å². The van der Waals surface area contributed by atoms with E-state index in [0.29, 0.717) is 6.04 Å². The van der Waals surface area contributed by atoms with Gasteiger partial charge in [-0.25, -0.2) is 0 Å². The summed E-state index contributed by atoms with van der Waals surface area (Å²) < 4.78 is 0. The van der Waals surface area contributed by atoms with Gasteiger partial charge in [0.15, 0.2) is 5.96 Å². The van der Waals surface area contributed by atoms with E-state index in [-0.39, 0.29) is 24.0 Å². The molecule has 0 spiro atoms. The summed E-state index contributed by atoms with van der Waals surface area (Å²) in [5, 5.41) is 3.59. The fourth-order valence-electron chi connectivity index (χ4n) is 3.61. The van der Waals surface area contributed by atoms with Crippen molar-refractivity contribution in [3.8, 4) is 0 Å². The molecule has 2 rings (SSSR count). The van der Waals surface area contributed by atoms with Gasteiger partial charge in [-0.2, -0.15) is 0 Å². The highest BCUT2D eigenvalue weighted by atomic mass is 127. The summed E-state index contributed by atoms with van der Waals surface area (Å²) in [5.74, 6) is 2.65. The number of hydrogen-bond acceptors (Lipinski definition) is 2. The summed E-state index contributed by atoms with van der Waals surface area (Å²) in [6.45, 7) is 9.25. The predicted octanol–water partition coefficient (Wildman–Crippen LogP) is 2.25. The lowest BCUT2D eigenvalue weighted by molar-refractivity contribution is 0.206. The number of aliphatic imine (C=N–C) groups is 1. The SMILES string of the molecule is CN=C(NCC1CCCN1C)N1CC(C)CC(C)C1.I. The number of likely N-dealkylation sites (tertiary alicyclic amines) is 2. The number of guanidine groups is 1. The smallest absolute Gasteiger partial charge is 0.193 e. The molecule has 118 valence electrons. The van der Waals surface area contributed by atoms with Crippen LogP contribution in [0.1, 0.15) is 33.1 Å². The van der Waals surface area contributed by atoms with E-state index in [1.54, 1.807) is 0 Å². The van der Waals surface area contributed by atoms with Crippen LogP contribution in [-0.4, -0.2) is 62.1 Å². The van der Waals surface area contributed by atoms with Gasteiger partial charge in [-0.05, 0) is 44.7 Å². The highest BCUT2D eigenvalue weighted by Gasteiger charge is 2.25. The molecule has 0 saturated carbocycles. The number of nitrogens with one attached hydrogen (secondary N) is 1. The van der Waals surface area contributed by atoms with Crippen molar-refractivity contribution in [2.75, 3.05) is 40.3 Å². The van der Waals surface area contributed by atoms with E-state index >= 15 is 0 Å². The van der Waals surface area contributed by atoms with Crippen LogP contribution >= 0.6 is 24.0 Å². The lowest BCUT2D eigenvalue weighted by Gasteiger charge is -2.37. The van der Waals surface area contributed by atoms with Gasteiger partial charge in [-0.1, -0.05) is 13.8 Å². The van der Waals surface area contributed by atoms with Crippen LogP contribution in [0.25, 0.3) is 0 Å². The van der Waals surface area contributed by atoms with E-state index in [4.69, 9.17) is 0 Å². The second-order valence-corrected chi connectivity index (χ2v) is 6.56. The van der Waals surface area contributed by atoms with Crippen molar-refractivity contribution in [1.29, 1.82) is 0 Å². The van der Waals surface area contributed by atoms with Crippen molar-refractivity contribution in [2.45, 2.75) is 39.2 Å². The molecule has 2 aliphatic heterocycles. The molecule has 2 fully saturated rings. The number of rotatable bonds is 2. The van der Waals surface area contributed by atoms with Crippen molar-refractivity contribution in [3.05, 3.63) is 0 Å². The third kappa shape index (κ3) is 4.76. The maximum atomic E-state index is 4.48. The van der Waals surface area contributed by atoms with E-state index in [1.807, 2.05) is 7.05 Å². The highest BCUT2D eigenvalue weighted by Crippen LogP contribution is 2.21. The van der Waals surface area contributed by atoms with Crippen molar-refractivity contribution >= 4 is 29.9 Å². The first-order valence-electron chi connectivity index (χ1n) is 7.76. The number of hydrogen-bond donors (Lipinski definition) is 1. The number of likely N-dealkylation sites (N-methyl/N-ethyl adjacent to an activating group) is 1. The fraction of sp³-hybridized carbons (Fsp3) is 0.933. The Kier molecular flexibility index (Phi) is 7.58. The minimum absolute atomic E-state index is 0. The minimum Gasteiger partial charge on any atom is -0.355 e. The average molecular weight is 394 g/mol. The number of piperidine rings is 1. The van der Waals surface area contributed by atoms with Crippen LogP contribution in [0.15, 0.2) is 4.99 Å². The van der Waals surface area contributed by atoms with Crippen LogP contribution in [-0.2, 0) is 0 Å². The van der Waals surface area contributed by atoms with E-state index in [9.17, 15) is 0 Å². The van der Waals surface area contributed by atoms with Gasteiger partial charge in [0, 0.05) is 32.7 Å². The van der Waals surface area contributed by atoms with Gasteiger partial charge >= 0.3 is 0 Å². The Balaban J connectivity index is 0.00000200. The molecule has 0 radical (unpaired) electrons. The lowest BCUT2D eigenvalue weighted by atomic mass is 9.92. The van der Waals surface area contributed by atoms with Crippen LogP contribution in [0.2, 0.25) is 0 Å². The maximum absolute atomic E-state index is 4.48. The molecule has 3 unspecified atom stereocenters. The second kappa shape index (κ2) is 8.41. The summed E-state index contributed by atoms with van der Waals surface area (Å²) in [7, 11) is 4.14. The molecule has 4 nitrogen and oxygen atoms in total. The van der Waals surface area contributed by atoms with Crippen LogP contribution < -0.4 is 5.32 Å². The maximum Gasteiger partial charge on any atom is 0.193 e. The zero-order valence-corrected chi connectivity index (χ0v) is 15.8. The molecule has 0 amide bonds. The number of halogens is 1. The van der Waals surface area contributed by atoms with Crippen LogP contribution in [0.5, 0.6) is 0 Å². The van der Waals surface area contributed by atoms with Crippen molar-refractivity contribution < 1.29 is 0 Å². The Morgan fingerprint density at radius 2 is 1.90 bits per heavy atom. The van der Waals surface area contributed by atoms with Gasteiger partial charge in [0.2, 0.25) is 0 Å². The first-order valence-corrected chi connectivity index (χ1v) is 7.76. The van der Waals surface area contributed by atoms with E-state index < -0.39 is 0 Å². The molecule has 0 aromatic rings. The molecule has 0 aliphatic carbocycles. The van der Waals surface area contributed by atoms with Gasteiger partial charge in [0.1, 0.15) is 0 Å². The Hall–Kier alpha value is -0.0400. The molecule has 1 N–H and O–H groups in total. The summed E-state index contributed by atoms with van der Waals surface area (Å²) in [6, 6.07) is 0.677. The third-order valence-corrected chi connectivity index (χ3v) is 4.55. The molecule has 3 atom stereocenters. The second-order valence-electron chi connectivity index (χ2n) is 6.56. The number of nitrogens with zero attached hydrogens (tertiary/aromatic N) is 3. The summed E-state index contributed by atoms with van der Waals surface area (Å²) >= 11 is 0. The van der Waals surface area contributed by atoms with Crippen LogP contribution in [0.3, 0.4) is 0 Å². The monoisotopic (exact) mass is 394 g/mol. The zero-order chi connectivity index (χ0) is 13.8.